The number of carbonyl (C=O) groups excluding carboxylic acids is 2. The third kappa shape index (κ3) is 5.21. The van der Waals surface area contributed by atoms with Crippen LogP contribution >= 0.6 is 0 Å². The van der Waals surface area contributed by atoms with E-state index in [1.165, 1.54) is 12.2 Å². The molecule has 0 heterocycles. The maximum atomic E-state index is 12.2. The molecule has 0 spiro atoms. The van der Waals surface area contributed by atoms with Crippen molar-refractivity contribution in [2.45, 2.75) is 20.5 Å². The Bertz CT molecular complexity index is 794. The SMILES string of the molecule is CCOC(=O)c1c(C)cc(OC)cc1C=CC(=O)OCc1ccccc1. The number of esters is 2. The van der Waals surface area contributed by atoms with Crippen LogP contribution in [0.2, 0.25) is 0 Å². The van der Waals surface area contributed by atoms with Crippen LogP contribution in [0.25, 0.3) is 6.08 Å². The molecule has 0 aliphatic carbocycles. The highest BCUT2D eigenvalue weighted by Gasteiger charge is 2.16. The third-order valence-electron chi connectivity index (χ3n) is 3.68. The second kappa shape index (κ2) is 9.42. The molecule has 5 nitrogen and oxygen atoms in total. The number of aryl methyl sites for hydroxylation is 1. The maximum absolute atomic E-state index is 12.2. The normalized spacial score (nSPS) is 10.6. The number of rotatable bonds is 7. The van der Waals surface area contributed by atoms with Gasteiger partial charge in [0, 0.05) is 6.08 Å². The first-order chi connectivity index (χ1) is 12.5. The average Bonchev–Trinajstić information content (AvgIpc) is 2.65. The topological polar surface area (TPSA) is 61.8 Å². The van der Waals surface area contributed by atoms with Crippen LogP contribution in [-0.4, -0.2) is 25.7 Å². The lowest BCUT2D eigenvalue weighted by Crippen LogP contribution is -2.09. The molecule has 0 aromatic heterocycles. The Labute approximate surface area is 153 Å². The van der Waals surface area contributed by atoms with E-state index in [0.29, 0.717) is 22.4 Å². The summed E-state index contributed by atoms with van der Waals surface area (Å²) in [6, 6.07) is 12.8. The zero-order valence-corrected chi connectivity index (χ0v) is 15.2. The third-order valence-corrected chi connectivity index (χ3v) is 3.68. The maximum Gasteiger partial charge on any atom is 0.338 e. The van der Waals surface area contributed by atoms with Crippen LogP contribution in [0.15, 0.2) is 48.5 Å². The molecule has 136 valence electrons. The quantitative estimate of drug-likeness (QED) is 0.557. The van der Waals surface area contributed by atoms with E-state index in [-0.39, 0.29) is 13.2 Å². The van der Waals surface area contributed by atoms with E-state index in [9.17, 15) is 9.59 Å². The Hall–Kier alpha value is -3.08. The van der Waals surface area contributed by atoms with Crippen molar-refractivity contribution >= 4 is 18.0 Å². The van der Waals surface area contributed by atoms with Gasteiger partial charge in [-0.25, -0.2) is 9.59 Å². The van der Waals surface area contributed by atoms with Crippen molar-refractivity contribution < 1.29 is 23.8 Å². The van der Waals surface area contributed by atoms with Gasteiger partial charge in [0.2, 0.25) is 0 Å². The molecule has 5 heteroatoms. The molecule has 0 saturated carbocycles. The van der Waals surface area contributed by atoms with Crippen LogP contribution in [0.3, 0.4) is 0 Å². The number of hydrogen-bond donors (Lipinski definition) is 0. The number of hydrogen-bond acceptors (Lipinski definition) is 5. The minimum absolute atomic E-state index is 0.186. The molecule has 26 heavy (non-hydrogen) atoms. The van der Waals surface area contributed by atoms with E-state index < -0.39 is 11.9 Å². The summed E-state index contributed by atoms with van der Waals surface area (Å²) in [6.45, 7) is 3.99. The molecule has 0 fully saturated rings. The number of ether oxygens (including phenoxy) is 3. The lowest BCUT2D eigenvalue weighted by atomic mass is 10.0. The molecule has 0 aliphatic rings. The fraction of sp³-hybridized carbons (Fsp3) is 0.238. The Kier molecular flexibility index (Phi) is 6.97. The summed E-state index contributed by atoms with van der Waals surface area (Å²) in [5.74, 6) is -0.345. The molecule has 2 rings (SSSR count). The van der Waals surface area contributed by atoms with E-state index >= 15 is 0 Å². The predicted molar refractivity (Wildman–Crippen MR) is 99.0 cm³/mol. The highest BCUT2D eigenvalue weighted by Crippen LogP contribution is 2.24. The van der Waals surface area contributed by atoms with Gasteiger partial charge in [-0.05, 0) is 48.7 Å². The molecule has 2 aromatic rings. The van der Waals surface area contributed by atoms with Crippen molar-refractivity contribution in [3.63, 3.8) is 0 Å². The number of carbonyl (C=O) groups is 2. The van der Waals surface area contributed by atoms with Crippen LogP contribution < -0.4 is 4.74 Å². The molecule has 0 amide bonds. The van der Waals surface area contributed by atoms with Crippen molar-refractivity contribution in [3.8, 4) is 5.75 Å². The summed E-state index contributed by atoms with van der Waals surface area (Å²) in [7, 11) is 1.54. The van der Waals surface area contributed by atoms with Crippen molar-refractivity contribution in [2.24, 2.45) is 0 Å². The van der Waals surface area contributed by atoms with E-state index in [2.05, 4.69) is 0 Å². The standard InChI is InChI=1S/C21H22O5/c1-4-25-21(23)20-15(2)12-18(24-3)13-17(20)10-11-19(22)26-14-16-8-6-5-7-9-16/h5-13H,4,14H2,1-3H3. The van der Waals surface area contributed by atoms with E-state index in [0.717, 1.165) is 5.56 Å². The van der Waals surface area contributed by atoms with Crippen molar-refractivity contribution in [1.82, 2.24) is 0 Å². The van der Waals surface area contributed by atoms with Gasteiger partial charge < -0.3 is 14.2 Å². The Morgan fingerprint density at radius 3 is 2.46 bits per heavy atom. The molecule has 0 atom stereocenters. The van der Waals surface area contributed by atoms with E-state index in [4.69, 9.17) is 14.2 Å². The first-order valence-electron chi connectivity index (χ1n) is 8.29. The lowest BCUT2D eigenvalue weighted by molar-refractivity contribution is -0.138. The fourth-order valence-corrected chi connectivity index (χ4v) is 2.45. The van der Waals surface area contributed by atoms with Gasteiger partial charge in [0.15, 0.2) is 0 Å². The highest BCUT2D eigenvalue weighted by molar-refractivity contribution is 5.97. The molecule has 0 saturated heterocycles. The first kappa shape index (κ1) is 19.2. The number of methoxy groups -OCH3 is 1. The average molecular weight is 354 g/mol. The minimum Gasteiger partial charge on any atom is -0.497 e. The molecule has 2 aromatic carbocycles. The second-order valence-electron chi connectivity index (χ2n) is 5.56. The summed E-state index contributed by atoms with van der Waals surface area (Å²) in [5.41, 5.74) is 2.55. The van der Waals surface area contributed by atoms with Crippen molar-refractivity contribution in [3.05, 3.63) is 70.8 Å². The van der Waals surface area contributed by atoms with Gasteiger partial charge in [-0.3, -0.25) is 0 Å². The molecule has 0 bridgehead atoms. The van der Waals surface area contributed by atoms with Crippen LogP contribution in [0.5, 0.6) is 5.75 Å². The van der Waals surface area contributed by atoms with Gasteiger partial charge in [0.1, 0.15) is 12.4 Å². The monoisotopic (exact) mass is 354 g/mol. The van der Waals surface area contributed by atoms with Crippen molar-refractivity contribution in [2.75, 3.05) is 13.7 Å². The van der Waals surface area contributed by atoms with E-state index in [1.54, 1.807) is 33.1 Å². The van der Waals surface area contributed by atoms with Crippen LogP contribution in [0.4, 0.5) is 0 Å². The number of benzene rings is 2. The first-order valence-corrected chi connectivity index (χ1v) is 8.29. The summed E-state index contributed by atoms with van der Waals surface area (Å²) >= 11 is 0. The highest BCUT2D eigenvalue weighted by atomic mass is 16.5. The van der Waals surface area contributed by atoms with Gasteiger partial charge in [0.25, 0.3) is 0 Å². The van der Waals surface area contributed by atoms with Gasteiger partial charge in [-0.15, -0.1) is 0 Å². The van der Waals surface area contributed by atoms with E-state index in [1.807, 2.05) is 30.3 Å². The summed E-state index contributed by atoms with van der Waals surface area (Å²) in [5, 5.41) is 0. The molecule has 0 aliphatic heterocycles. The van der Waals surface area contributed by atoms with Gasteiger partial charge in [-0.2, -0.15) is 0 Å². The Morgan fingerprint density at radius 2 is 1.81 bits per heavy atom. The Balaban J connectivity index is 2.17. The molecule has 0 N–H and O–H groups in total. The Morgan fingerprint density at radius 1 is 1.08 bits per heavy atom. The minimum atomic E-state index is -0.496. The van der Waals surface area contributed by atoms with Crippen LogP contribution in [0, 0.1) is 6.92 Å². The summed E-state index contributed by atoms with van der Waals surface area (Å²) < 4.78 is 15.6. The molecular weight excluding hydrogens is 332 g/mol. The zero-order chi connectivity index (χ0) is 18.9. The van der Waals surface area contributed by atoms with Crippen LogP contribution in [-0.2, 0) is 20.9 Å². The molecular formula is C21H22O5. The van der Waals surface area contributed by atoms with Crippen LogP contribution in [0.1, 0.15) is 34.0 Å². The molecule has 0 radical (unpaired) electrons. The van der Waals surface area contributed by atoms with Gasteiger partial charge in [0.05, 0.1) is 19.3 Å². The molecule has 0 unspecified atom stereocenters. The van der Waals surface area contributed by atoms with Crippen molar-refractivity contribution in [1.29, 1.82) is 0 Å². The fourth-order valence-electron chi connectivity index (χ4n) is 2.45. The summed E-state index contributed by atoms with van der Waals surface area (Å²) in [6.07, 6.45) is 2.83. The zero-order valence-electron chi connectivity index (χ0n) is 15.2. The van der Waals surface area contributed by atoms with Gasteiger partial charge in [-0.1, -0.05) is 30.3 Å². The predicted octanol–water partition coefficient (Wildman–Crippen LogP) is 3.94. The summed E-state index contributed by atoms with van der Waals surface area (Å²) in [4.78, 5) is 24.2. The lowest BCUT2D eigenvalue weighted by Gasteiger charge is -2.11. The smallest absolute Gasteiger partial charge is 0.338 e. The van der Waals surface area contributed by atoms with Gasteiger partial charge >= 0.3 is 11.9 Å². The second-order valence-corrected chi connectivity index (χ2v) is 5.56. The largest absolute Gasteiger partial charge is 0.497 e.